The van der Waals surface area contributed by atoms with E-state index in [2.05, 4.69) is 4.57 Å². The van der Waals surface area contributed by atoms with Gasteiger partial charge < -0.3 is 14.8 Å². The molecule has 1 aliphatic rings. The quantitative estimate of drug-likeness (QED) is 0.811. The van der Waals surface area contributed by atoms with E-state index in [9.17, 15) is 4.79 Å². The summed E-state index contributed by atoms with van der Waals surface area (Å²) in [6.07, 6.45) is 2.57. The van der Waals surface area contributed by atoms with Crippen molar-refractivity contribution in [2.75, 3.05) is 0 Å². The summed E-state index contributed by atoms with van der Waals surface area (Å²) in [4.78, 5) is 20.1. The fourth-order valence-electron chi connectivity index (χ4n) is 1.90. The van der Waals surface area contributed by atoms with Crippen molar-refractivity contribution in [1.82, 2.24) is 4.57 Å². The highest BCUT2D eigenvalue weighted by atomic mass is 16.6. The molecule has 1 aliphatic carbocycles. The zero-order chi connectivity index (χ0) is 13.1. The van der Waals surface area contributed by atoms with E-state index in [0.717, 1.165) is 10.9 Å². The highest BCUT2D eigenvalue weighted by Gasteiger charge is 2.23. The summed E-state index contributed by atoms with van der Waals surface area (Å²) in [6.45, 7) is 0. The van der Waals surface area contributed by atoms with Gasteiger partial charge in [0.2, 0.25) is 0 Å². The van der Waals surface area contributed by atoms with Gasteiger partial charge in [0.15, 0.2) is 5.43 Å². The van der Waals surface area contributed by atoms with Crippen LogP contribution in [0, 0.1) is 0 Å². The molecule has 0 saturated heterocycles. The van der Waals surface area contributed by atoms with Crippen molar-refractivity contribution in [3.05, 3.63) is 46.8 Å². The number of hydrogen-bond acceptors (Lipinski definition) is 2. The van der Waals surface area contributed by atoms with Crippen LogP contribution >= 0.6 is 0 Å². The predicted octanol–water partition coefficient (Wildman–Crippen LogP) is 2.56. The number of pyridine rings is 1. The van der Waals surface area contributed by atoms with Crippen LogP contribution in [0.15, 0.2) is 41.3 Å². The molecule has 5 nitrogen and oxygen atoms in total. The number of carboxylic acid groups (broad SMARTS) is 2. The molecule has 5 heteroatoms. The van der Waals surface area contributed by atoms with Crippen LogP contribution in [0.25, 0.3) is 10.9 Å². The first kappa shape index (κ1) is 12.2. The number of hydrogen-bond donors (Lipinski definition) is 2. The third-order valence-corrected chi connectivity index (χ3v) is 2.77. The molecule has 0 atom stereocenters. The number of aromatic nitrogens is 1. The van der Waals surface area contributed by atoms with Gasteiger partial charge in [0, 0.05) is 23.7 Å². The molecule has 1 aromatic carbocycles. The van der Waals surface area contributed by atoms with E-state index in [1.807, 2.05) is 30.5 Å². The van der Waals surface area contributed by atoms with Crippen molar-refractivity contribution < 1.29 is 15.0 Å². The maximum Gasteiger partial charge on any atom is 0.503 e. The van der Waals surface area contributed by atoms with Gasteiger partial charge in [-0.05, 0) is 25.0 Å². The molecule has 3 rings (SSSR count). The fraction of sp³-hybridized carbons (Fsp3) is 0.231. The topological polar surface area (TPSA) is 79.5 Å². The van der Waals surface area contributed by atoms with E-state index in [4.69, 9.17) is 15.0 Å². The summed E-state index contributed by atoms with van der Waals surface area (Å²) < 4.78 is 2.22. The first-order chi connectivity index (χ1) is 8.59. The summed E-state index contributed by atoms with van der Waals surface area (Å²) in [5.74, 6) is 0. The number of para-hydroxylation sites is 1. The molecule has 2 N–H and O–H groups in total. The van der Waals surface area contributed by atoms with Crippen molar-refractivity contribution >= 4 is 17.1 Å². The first-order valence-electron chi connectivity index (χ1n) is 5.61. The van der Waals surface area contributed by atoms with Gasteiger partial charge in [-0.2, -0.15) is 0 Å². The fourth-order valence-corrected chi connectivity index (χ4v) is 1.90. The zero-order valence-electron chi connectivity index (χ0n) is 9.61. The van der Waals surface area contributed by atoms with Crippen LogP contribution < -0.4 is 5.43 Å². The normalized spacial score (nSPS) is 13.8. The summed E-state index contributed by atoms with van der Waals surface area (Å²) in [5.41, 5.74) is 1.19. The Balaban J connectivity index is 0.000000267. The van der Waals surface area contributed by atoms with E-state index < -0.39 is 6.16 Å². The molecule has 0 radical (unpaired) electrons. The van der Waals surface area contributed by atoms with Gasteiger partial charge in [0.1, 0.15) is 0 Å². The Morgan fingerprint density at radius 3 is 2.39 bits per heavy atom. The molecule has 2 aromatic rings. The lowest BCUT2D eigenvalue weighted by Crippen LogP contribution is -2.06. The van der Waals surface area contributed by atoms with Gasteiger partial charge in [-0.3, -0.25) is 4.79 Å². The summed E-state index contributed by atoms with van der Waals surface area (Å²) in [5, 5.41) is 14.8. The highest BCUT2D eigenvalue weighted by Crippen LogP contribution is 2.36. The molecule has 0 aliphatic heterocycles. The van der Waals surface area contributed by atoms with Crippen molar-refractivity contribution in [3.8, 4) is 0 Å². The molecule has 94 valence electrons. The van der Waals surface area contributed by atoms with Crippen molar-refractivity contribution in [2.24, 2.45) is 0 Å². The summed E-state index contributed by atoms with van der Waals surface area (Å²) in [6, 6.07) is 10.1. The van der Waals surface area contributed by atoms with E-state index in [0.29, 0.717) is 6.04 Å². The Labute approximate surface area is 103 Å². The Hall–Kier alpha value is -2.30. The number of nitrogens with zero attached hydrogens (tertiary/aromatic N) is 1. The lowest BCUT2D eigenvalue weighted by molar-refractivity contribution is 0.137. The largest absolute Gasteiger partial charge is 0.503 e. The van der Waals surface area contributed by atoms with Crippen LogP contribution in [-0.2, 0) is 0 Å². The number of fused-ring (bicyclic) bond motifs is 1. The van der Waals surface area contributed by atoms with Crippen LogP contribution in [0.1, 0.15) is 18.9 Å². The SMILES string of the molecule is O=C(O)O.O=c1ccn(C2CC2)c2ccccc12. The van der Waals surface area contributed by atoms with Crippen LogP contribution in [0.3, 0.4) is 0 Å². The summed E-state index contributed by atoms with van der Waals surface area (Å²) >= 11 is 0. The Kier molecular flexibility index (Phi) is 3.32. The molecule has 1 heterocycles. The maximum atomic E-state index is 11.6. The molecule has 18 heavy (non-hydrogen) atoms. The van der Waals surface area contributed by atoms with Crippen molar-refractivity contribution in [2.45, 2.75) is 18.9 Å². The van der Waals surface area contributed by atoms with Crippen molar-refractivity contribution in [1.29, 1.82) is 0 Å². The Morgan fingerprint density at radius 2 is 1.78 bits per heavy atom. The molecule has 0 unspecified atom stereocenters. The third kappa shape index (κ3) is 2.68. The average molecular weight is 247 g/mol. The minimum absolute atomic E-state index is 0.123. The van der Waals surface area contributed by atoms with E-state index in [1.54, 1.807) is 6.07 Å². The van der Waals surface area contributed by atoms with Gasteiger partial charge in [0.25, 0.3) is 0 Å². The first-order valence-corrected chi connectivity index (χ1v) is 5.61. The number of carbonyl (C=O) groups is 1. The Morgan fingerprint density at radius 1 is 1.17 bits per heavy atom. The molecule has 1 fully saturated rings. The second kappa shape index (κ2) is 4.91. The van der Waals surface area contributed by atoms with Crippen molar-refractivity contribution in [3.63, 3.8) is 0 Å². The number of rotatable bonds is 1. The molecular weight excluding hydrogens is 234 g/mol. The predicted molar refractivity (Wildman–Crippen MR) is 67.1 cm³/mol. The monoisotopic (exact) mass is 247 g/mol. The zero-order valence-corrected chi connectivity index (χ0v) is 9.61. The molecule has 1 aromatic heterocycles. The standard InChI is InChI=1S/C12H11NO.CH2O3/c14-12-7-8-13(9-5-6-9)11-4-2-1-3-10(11)12;2-1(3)4/h1-4,7-9H,5-6H2;(H2,2,3,4). The second-order valence-corrected chi connectivity index (χ2v) is 4.12. The molecule has 1 saturated carbocycles. The lowest BCUT2D eigenvalue weighted by Gasteiger charge is -2.08. The third-order valence-electron chi connectivity index (χ3n) is 2.77. The highest BCUT2D eigenvalue weighted by molar-refractivity contribution is 5.78. The van der Waals surface area contributed by atoms with Gasteiger partial charge in [0.05, 0.1) is 5.52 Å². The minimum atomic E-state index is -1.83. The van der Waals surface area contributed by atoms with Gasteiger partial charge in [-0.15, -0.1) is 0 Å². The second-order valence-electron chi connectivity index (χ2n) is 4.12. The van der Waals surface area contributed by atoms with Crippen LogP contribution in [-0.4, -0.2) is 20.9 Å². The van der Waals surface area contributed by atoms with Crippen LogP contribution in [0.4, 0.5) is 4.79 Å². The van der Waals surface area contributed by atoms with E-state index in [-0.39, 0.29) is 5.43 Å². The smallest absolute Gasteiger partial charge is 0.450 e. The van der Waals surface area contributed by atoms with Gasteiger partial charge >= 0.3 is 6.16 Å². The molecule has 0 amide bonds. The van der Waals surface area contributed by atoms with Gasteiger partial charge in [-0.25, -0.2) is 4.79 Å². The minimum Gasteiger partial charge on any atom is -0.450 e. The van der Waals surface area contributed by atoms with Gasteiger partial charge in [-0.1, -0.05) is 12.1 Å². The molecule has 0 bridgehead atoms. The lowest BCUT2D eigenvalue weighted by atomic mass is 10.2. The summed E-state index contributed by atoms with van der Waals surface area (Å²) in [7, 11) is 0. The van der Waals surface area contributed by atoms with Crippen LogP contribution in [0.5, 0.6) is 0 Å². The maximum absolute atomic E-state index is 11.6. The molecule has 0 spiro atoms. The molecular formula is C13H13NO4. The Bertz CT molecular complexity index is 624. The van der Waals surface area contributed by atoms with E-state index >= 15 is 0 Å². The number of benzene rings is 1. The van der Waals surface area contributed by atoms with Crippen LogP contribution in [0.2, 0.25) is 0 Å². The average Bonchev–Trinajstić information content (AvgIpc) is 3.13. The van der Waals surface area contributed by atoms with E-state index in [1.165, 1.54) is 12.8 Å².